The van der Waals surface area contributed by atoms with Crippen LogP contribution in [0.1, 0.15) is 38.1 Å². The molecule has 0 atom stereocenters. The van der Waals surface area contributed by atoms with Crippen molar-refractivity contribution in [3.63, 3.8) is 0 Å². The lowest BCUT2D eigenvalue weighted by Crippen LogP contribution is -2.29. The van der Waals surface area contributed by atoms with Crippen LogP contribution in [0.25, 0.3) is 0 Å². The first-order valence-corrected chi connectivity index (χ1v) is 4.89. The third kappa shape index (κ3) is 4.07. The minimum Gasteiger partial charge on any atom is -0.350 e. The van der Waals surface area contributed by atoms with Crippen LogP contribution in [0.5, 0.6) is 0 Å². The quantitative estimate of drug-likeness (QED) is 0.782. The Labute approximate surface area is 85.3 Å². The number of carbonyl (C=O) groups is 1. The van der Waals surface area contributed by atoms with Crippen molar-refractivity contribution in [2.24, 2.45) is 7.05 Å². The Morgan fingerprint density at radius 1 is 1.50 bits per heavy atom. The number of nitrogens with one attached hydrogen (secondary N) is 1. The minimum atomic E-state index is -0.0712. The molecule has 1 aromatic heterocycles. The predicted octanol–water partition coefficient (Wildman–Crippen LogP) is 1.58. The third-order valence-corrected chi connectivity index (χ3v) is 1.39. The molecule has 80 valence electrons. The van der Waals surface area contributed by atoms with Gasteiger partial charge in [-0.2, -0.15) is 5.10 Å². The second kappa shape index (κ2) is 6.18. The number of nitrogens with zero attached hydrogens (tertiary/aromatic N) is 2. The van der Waals surface area contributed by atoms with E-state index in [2.05, 4.69) is 10.4 Å². The van der Waals surface area contributed by atoms with Crippen LogP contribution < -0.4 is 5.32 Å². The van der Waals surface area contributed by atoms with E-state index >= 15 is 0 Å². The number of aromatic nitrogens is 2. The standard InChI is InChI=1S/C8H13N3O.C2H6/c1-6(2)10-8(12)7-4-9-11(3)5-7;1-2/h4-6H,1-3H3,(H,10,12);1-2H3. The Morgan fingerprint density at radius 3 is 2.43 bits per heavy atom. The molecule has 0 unspecified atom stereocenters. The van der Waals surface area contributed by atoms with Crippen LogP contribution in [0.2, 0.25) is 0 Å². The molecule has 1 rings (SSSR count). The molecular formula is C10H19N3O. The molecule has 0 bridgehead atoms. The molecule has 1 aromatic rings. The van der Waals surface area contributed by atoms with E-state index in [1.807, 2.05) is 27.7 Å². The SMILES string of the molecule is CC.CC(C)NC(=O)c1cnn(C)c1. The highest BCUT2D eigenvalue weighted by Crippen LogP contribution is 1.96. The normalized spacial score (nSPS) is 9.29. The molecule has 0 aliphatic rings. The van der Waals surface area contributed by atoms with Crippen LogP contribution in [0, 0.1) is 0 Å². The van der Waals surface area contributed by atoms with Gasteiger partial charge in [0.05, 0.1) is 11.8 Å². The van der Waals surface area contributed by atoms with Crippen molar-refractivity contribution >= 4 is 5.91 Å². The first-order chi connectivity index (χ1) is 6.59. The Kier molecular flexibility index (Phi) is 5.60. The van der Waals surface area contributed by atoms with Gasteiger partial charge in [-0.3, -0.25) is 9.48 Å². The summed E-state index contributed by atoms with van der Waals surface area (Å²) < 4.78 is 1.61. The van der Waals surface area contributed by atoms with Gasteiger partial charge in [-0.1, -0.05) is 13.8 Å². The van der Waals surface area contributed by atoms with Gasteiger partial charge in [0.15, 0.2) is 0 Å². The van der Waals surface area contributed by atoms with E-state index in [9.17, 15) is 4.79 Å². The van der Waals surface area contributed by atoms with Crippen LogP contribution in [-0.2, 0) is 7.05 Å². The average molecular weight is 197 g/mol. The summed E-state index contributed by atoms with van der Waals surface area (Å²) in [4.78, 5) is 11.3. The largest absolute Gasteiger partial charge is 0.350 e. The van der Waals surface area contributed by atoms with Crippen LogP contribution in [0.15, 0.2) is 12.4 Å². The first kappa shape index (κ1) is 12.7. The van der Waals surface area contributed by atoms with Crippen molar-refractivity contribution in [1.29, 1.82) is 0 Å². The molecule has 0 saturated carbocycles. The second-order valence-corrected chi connectivity index (χ2v) is 3.03. The van der Waals surface area contributed by atoms with Gasteiger partial charge in [0.1, 0.15) is 0 Å². The number of amides is 1. The summed E-state index contributed by atoms with van der Waals surface area (Å²) in [5.41, 5.74) is 0.603. The Morgan fingerprint density at radius 2 is 2.07 bits per heavy atom. The molecule has 1 N–H and O–H groups in total. The first-order valence-electron chi connectivity index (χ1n) is 4.89. The lowest BCUT2D eigenvalue weighted by Gasteiger charge is -2.05. The van der Waals surface area contributed by atoms with E-state index in [-0.39, 0.29) is 11.9 Å². The second-order valence-electron chi connectivity index (χ2n) is 3.03. The van der Waals surface area contributed by atoms with E-state index in [1.54, 1.807) is 24.1 Å². The molecule has 0 aromatic carbocycles. The van der Waals surface area contributed by atoms with E-state index in [1.165, 1.54) is 0 Å². The van der Waals surface area contributed by atoms with Gasteiger partial charge >= 0.3 is 0 Å². The molecule has 0 fully saturated rings. The Hall–Kier alpha value is -1.32. The van der Waals surface area contributed by atoms with Gasteiger partial charge in [0, 0.05) is 19.3 Å². The van der Waals surface area contributed by atoms with Crippen LogP contribution >= 0.6 is 0 Å². The average Bonchev–Trinajstić information content (AvgIpc) is 2.54. The van der Waals surface area contributed by atoms with E-state index < -0.39 is 0 Å². The van der Waals surface area contributed by atoms with Gasteiger partial charge in [0.25, 0.3) is 5.91 Å². The summed E-state index contributed by atoms with van der Waals surface area (Å²) >= 11 is 0. The summed E-state index contributed by atoms with van der Waals surface area (Å²) in [5, 5.41) is 6.68. The third-order valence-electron chi connectivity index (χ3n) is 1.39. The van der Waals surface area contributed by atoms with Gasteiger partial charge in [-0.05, 0) is 13.8 Å². The van der Waals surface area contributed by atoms with Crippen molar-refractivity contribution in [2.75, 3.05) is 0 Å². The highest BCUT2D eigenvalue weighted by Gasteiger charge is 2.07. The molecule has 1 amide bonds. The van der Waals surface area contributed by atoms with Gasteiger partial charge in [0.2, 0.25) is 0 Å². The molecule has 4 heteroatoms. The molecule has 14 heavy (non-hydrogen) atoms. The Bertz CT molecular complexity index is 279. The molecule has 0 saturated heterocycles. The maximum atomic E-state index is 11.3. The lowest BCUT2D eigenvalue weighted by atomic mass is 10.3. The highest BCUT2D eigenvalue weighted by molar-refractivity contribution is 5.93. The molecule has 0 aliphatic carbocycles. The van der Waals surface area contributed by atoms with Crippen molar-refractivity contribution in [2.45, 2.75) is 33.7 Å². The summed E-state index contributed by atoms with van der Waals surface area (Å²) in [7, 11) is 1.78. The van der Waals surface area contributed by atoms with Crippen LogP contribution in [0.3, 0.4) is 0 Å². The van der Waals surface area contributed by atoms with E-state index in [4.69, 9.17) is 0 Å². The molecule has 0 aliphatic heterocycles. The molecule has 4 nitrogen and oxygen atoms in total. The fraction of sp³-hybridized carbons (Fsp3) is 0.600. The van der Waals surface area contributed by atoms with Crippen LogP contribution in [-0.4, -0.2) is 21.7 Å². The van der Waals surface area contributed by atoms with Gasteiger partial charge < -0.3 is 5.32 Å². The molecule has 0 radical (unpaired) electrons. The zero-order chi connectivity index (χ0) is 11.1. The van der Waals surface area contributed by atoms with Gasteiger partial charge in [-0.25, -0.2) is 0 Å². The number of rotatable bonds is 2. The molecule has 1 heterocycles. The molecule has 0 spiro atoms. The number of aryl methyl sites for hydroxylation is 1. The fourth-order valence-corrected chi connectivity index (χ4v) is 0.884. The van der Waals surface area contributed by atoms with Crippen molar-refractivity contribution in [3.8, 4) is 0 Å². The highest BCUT2D eigenvalue weighted by atomic mass is 16.1. The Balaban J connectivity index is 0.000000791. The topological polar surface area (TPSA) is 46.9 Å². The summed E-state index contributed by atoms with van der Waals surface area (Å²) in [5.74, 6) is -0.0712. The zero-order valence-corrected chi connectivity index (χ0v) is 9.53. The maximum absolute atomic E-state index is 11.3. The van der Waals surface area contributed by atoms with Gasteiger partial charge in [-0.15, -0.1) is 0 Å². The monoisotopic (exact) mass is 197 g/mol. The zero-order valence-electron chi connectivity index (χ0n) is 9.53. The number of carbonyl (C=O) groups excluding carboxylic acids is 1. The summed E-state index contributed by atoms with van der Waals surface area (Å²) in [6.07, 6.45) is 3.25. The van der Waals surface area contributed by atoms with E-state index in [0.717, 1.165) is 0 Å². The fourth-order valence-electron chi connectivity index (χ4n) is 0.884. The summed E-state index contributed by atoms with van der Waals surface area (Å²) in [6.45, 7) is 7.85. The van der Waals surface area contributed by atoms with Crippen molar-refractivity contribution < 1.29 is 4.79 Å². The van der Waals surface area contributed by atoms with Crippen molar-refractivity contribution in [3.05, 3.63) is 18.0 Å². The minimum absolute atomic E-state index is 0.0712. The number of hydrogen-bond acceptors (Lipinski definition) is 2. The molecular weight excluding hydrogens is 178 g/mol. The predicted molar refractivity (Wildman–Crippen MR) is 57.2 cm³/mol. The number of hydrogen-bond donors (Lipinski definition) is 1. The maximum Gasteiger partial charge on any atom is 0.254 e. The smallest absolute Gasteiger partial charge is 0.254 e. The lowest BCUT2D eigenvalue weighted by molar-refractivity contribution is 0.0943. The summed E-state index contributed by atoms with van der Waals surface area (Å²) in [6, 6.07) is 0.165. The van der Waals surface area contributed by atoms with E-state index in [0.29, 0.717) is 5.56 Å². The van der Waals surface area contributed by atoms with Crippen LogP contribution in [0.4, 0.5) is 0 Å². The van der Waals surface area contributed by atoms with Crippen molar-refractivity contribution in [1.82, 2.24) is 15.1 Å².